The second-order valence-corrected chi connectivity index (χ2v) is 8.18. The first-order chi connectivity index (χ1) is 9.14. The lowest BCUT2D eigenvalue weighted by molar-refractivity contribution is -0.131. The monoisotopic (exact) mass is 280 g/mol. The van der Waals surface area contributed by atoms with Crippen LogP contribution in [0.3, 0.4) is 0 Å². The molecule has 0 spiro atoms. The molecule has 0 aromatic carbocycles. The molecule has 1 saturated heterocycles. The van der Waals surface area contributed by atoms with E-state index in [9.17, 15) is 4.79 Å². The van der Waals surface area contributed by atoms with Gasteiger partial charge in [0.2, 0.25) is 5.91 Å². The molecule has 1 amide bonds. The van der Waals surface area contributed by atoms with Crippen LogP contribution in [0.25, 0.3) is 0 Å². The summed E-state index contributed by atoms with van der Waals surface area (Å²) >= 11 is 0. The molecule has 1 N–H and O–H groups in total. The Labute approximate surface area is 124 Å². The van der Waals surface area contributed by atoms with Crippen molar-refractivity contribution in [2.45, 2.75) is 73.5 Å². The number of nitrogens with zero attached hydrogens (tertiary/aromatic N) is 1. The lowest BCUT2D eigenvalue weighted by Gasteiger charge is -2.25. The van der Waals surface area contributed by atoms with Gasteiger partial charge in [0.15, 0.2) is 0 Å². The molecule has 0 bridgehead atoms. The summed E-state index contributed by atoms with van der Waals surface area (Å²) in [5.74, 6) is 1.30. The Bertz CT molecular complexity index is 372. The van der Waals surface area contributed by atoms with Crippen molar-refractivity contribution >= 4 is 5.91 Å². The number of nitrogens with one attached hydrogen (secondary N) is 1. The minimum Gasteiger partial charge on any atom is -0.325 e. The molecular weight excluding hydrogens is 248 g/mol. The van der Waals surface area contributed by atoms with Crippen molar-refractivity contribution in [2.75, 3.05) is 6.54 Å². The molecule has 2 aliphatic rings. The van der Waals surface area contributed by atoms with Gasteiger partial charge in [0.05, 0.1) is 12.2 Å². The van der Waals surface area contributed by atoms with E-state index in [2.05, 4.69) is 58.7 Å². The molecule has 1 saturated carbocycles. The third-order valence-electron chi connectivity index (χ3n) is 6.23. The van der Waals surface area contributed by atoms with E-state index in [1.807, 2.05) is 0 Å². The van der Waals surface area contributed by atoms with Crippen LogP contribution in [0.4, 0.5) is 0 Å². The topological polar surface area (TPSA) is 32.3 Å². The predicted molar refractivity (Wildman–Crippen MR) is 83.2 cm³/mol. The lowest BCUT2D eigenvalue weighted by Crippen LogP contribution is -2.39. The fourth-order valence-corrected chi connectivity index (χ4v) is 3.89. The maximum Gasteiger partial charge on any atom is 0.241 e. The molecule has 2 unspecified atom stereocenters. The molecule has 1 aliphatic heterocycles. The van der Waals surface area contributed by atoms with Crippen LogP contribution in [0.2, 0.25) is 0 Å². The molecule has 0 aromatic heterocycles. The van der Waals surface area contributed by atoms with Gasteiger partial charge in [0.1, 0.15) is 0 Å². The molecule has 2 atom stereocenters. The second kappa shape index (κ2) is 5.01. The minimum absolute atomic E-state index is 0.0107. The number of carbonyl (C=O) groups excluding carboxylic acids is 1. The third-order valence-corrected chi connectivity index (χ3v) is 6.23. The molecule has 3 heteroatoms. The Balaban J connectivity index is 2.10. The maximum absolute atomic E-state index is 12.7. The summed E-state index contributed by atoms with van der Waals surface area (Å²) in [5.41, 5.74) is 0.694. The number of hydrogen-bond acceptors (Lipinski definition) is 2. The third kappa shape index (κ3) is 2.28. The van der Waals surface area contributed by atoms with Crippen LogP contribution in [-0.2, 0) is 4.79 Å². The second-order valence-electron chi connectivity index (χ2n) is 8.18. The molecule has 0 radical (unpaired) electrons. The van der Waals surface area contributed by atoms with Crippen molar-refractivity contribution in [3.63, 3.8) is 0 Å². The highest BCUT2D eigenvalue weighted by atomic mass is 16.2. The molecule has 20 heavy (non-hydrogen) atoms. The molecule has 3 nitrogen and oxygen atoms in total. The summed E-state index contributed by atoms with van der Waals surface area (Å²) in [6.45, 7) is 16.7. The van der Waals surface area contributed by atoms with Gasteiger partial charge in [-0.25, -0.2) is 0 Å². The Morgan fingerprint density at radius 1 is 1.20 bits per heavy atom. The standard InChI is InChI=1S/C17H32N2O/c1-8-9-13-18-14(11(2)3)15(20)19(13)10-12-16(4,5)17(12,6)7/h11-14,18H,8-10H2,1-7H3. The molecule has 2 fully saturated rings. The van der Waals surface area contributed by atoms with Crippen LogP contribution in [-0.4, -0.2) is 29.6 Å². The zero-order valence-corrected chi connectivity index (χ0v) is 14.3. The summed E-state index contributed by atoms with van der Waals surface area (Å²) in [6.07, 6.45) is 2.42. The zero-order chi connectivity index (χ0) is 15.3. The van der Waals surface area contributed by atoms with E-state index >= 15 is 0 Å². The largest absolute Gasteiger partial charge is 0.325 e. The molecule has 1 aliphatic carbocycles. The first-order valence-electron chi connectivity index (χ1n) is 8.21. The van der Waals surface area contributed by atoms with Crippen LogP contribution in [0.5, 0.6) is 0 Å². The van der Waals surface area contributed by atoms with Crippen LogP contribution in [0.1, 0.15) is 61.3 Å². The molecule has 116 valence electrons. The van der Waals surface area contributed by atoms with Crippen molar-refractivity contribution < 1.29 is 4.79 Å². The molecule has 0 aromatic rings. The van der Waals surface area contributed by atoms with E-state index < -0.39 is 0 Å². The highest BCUT2D eigenvalue weighted by Gasteiger charge is 2.65. The van der Waals surface area contributed by atoms with E-state index in [0.717, 1.165) is 19.4 Å². The first kappa shape index (κ1) is 15.8. The smallest absolute Gasteiger partial charge is 0.241 e. The normalized spacial score (nSPS) is 32.2. The van der Waals surface area contributed by atoms with Gasteiger partial charge in [-0.15, -0.1) is 0 Å². The highest BCUT2D eigenvalue weighted by Crippen LogP contribution is 2.68. The van der Waals surface area contributed by atoms with Gasteiger partial charge in [-0.05, 0) is 29.1 Å². The zero-order valence-electron chi connectivity index (χ0n) is 14.3. The van der Waals surface area contributed by atoms with Gasteiger partial charge in [0.25, 0.3) is 0 Å². The summed E-state index contributed by atoms with van der Waals surface area (Å²) < 4.78 is 0. The Hall–Kier alpha value is -0.570. The fraction of sp³-hybridized carbons (Fsp3) is 0.941. The van der Waals surface area contributed by atoms with Crippen LogP contribution in [0, 0.1) is 22.7 Å². The van der Waals surface area contributed by atoms with Crippen molar-refractivity contribution in [1.29, 1.82) is 0 Å². The minimum atomic E-state index is 0.0107. The van der Waals surface area contributed by atoms with Crippen LogP contribution in [0.15, 0.2) is 0 Å². The van der Waals surface area contributed by atoms with Crippen molar-refractivity contribution in [2.24, 2.45) is 22.7 Å². The van der Waals surface area contributed by atoms with Gasteiger partial charge in [-0.2, -0.15) is 0 Å². The highest BCUT2D eigenvalue weighted by molar-refractivity contribution is 5.84. The van der Waals surface area contributed by atoms with E-state index in [4.69, 9.17) is 0 Å². The van der Waals surface area contributed by atoms with Gasteiger partial charge in [-0.1, -0.05) is 54.9 Å². The van der Waals surface area contributed by atoms with E-state index in [1.165, 1.54) is 0 Å². The Morgan fingerprint density at radius 2 is 1.75 bits per heavy atom. The quantitative estimate of drug-likeness (QED) is 0.838. The SMILES string of the molecule is CCCC1NC(C(C)C)C(=O)N1CC1C(C)(C)C1(C)C. The van der Waals surface area contributed by atoms with Crippen molar-refractivity contribution in [3.8, 4) is 0 Å². The summed E-state index contributed by atoms with van der Waals surface area (Å²) in [4.78, 5) is 14.8. The predicted octanol–water partition coefficient (Wildman–Crippen LogP) is 3.25. The van der Waals surface area contributed by atoms with E-state index in [1.54, 1.807) is 0 Å². The average Bonchev–Trinajstić information content (AvgIpc) is 2.60. The number of amides is 1. The molecular formula is C17H32N2O. The Kier molecular flexibility index (Phi) is 3.96. The first-order valence-corrected chi connectivity index (χ1v) is 8.21. The lowest BCUT2D eigenvalue weighted by atomic mass is 10.0. The van der Waals surface area contributed by atoms with Gasteiger partial charge < -0.3 is 4.90 Å². The summed E-state index contributed by atoms with van der Waals surface area (Å²) in [6, 6.07) is 0.0107. The molecule has 1 heterocycles. The van der Waals surface area contributed by atoms with Crippen molar-refractivity contribution in [3.05, 3.63) is 0 Å². The van der Waals surface area contributed by atoms with Crippen LogP contribution < -0.4 is 5.32 Å². The van der Waals surface area contributed by atoms with Gasteiger partial charge >= 0.3 is 0 Å². The summed E-state index contributed by atoms with van der Waals surface area (Å²) in [5, 5.41) is 3.56. The molecule has 2 rings (SSSR count). The average molecular weight is 280 g/mol. The van der Waals surface area contributed by atoms with Crippen LogP contribution >= 0.6 is 0 Å². The number of carbonyl (C=O) groups is 1. The van der Waals surface area contributed by atoms with Crippen molar-refractivity contribution in [1.82, 2.24) is 10.2 Å². The maximum atomic E-state index is 12.7. The Morgan fingerprint density at radius 3 is 2.15 bits per heavy atom. The van der Waals surface area contributed by atoms with E-state index in [0.29, 0.717) is 28.6 Å². The van der Waals surface area contributed by atoms with E-state index in [-0.39, 0.29) is 12.2 Å². The van der Waals surface area contributed by atoms with Gasteiger partial charge in [-0.3, -0.25) is 10.1 Å². The fourth-order valence-electron chi connectivity index (χ4n) is 3.89. The van der Waals surface area contributed by atoms with Gasteiger partial charge in [0, 0.05) is 6.54 Å². The number of hydrogen-bond donors (Lipinski definition) is 1. The summed E-state index contributed by atoms with van der Waals surface area (Å²) in [7, 11) is 0. The number of rotatable bonds is 5.